The number of ether oxygens (including phenoxy) is 2. The lowest BCUT2D eigenvalue weighted by Gasteiger charge is -2.20. The third kappa shape index (κ3) is 9.41. The fourth-order valence-electron chi connectivity index (χ4n) is 1.92. The molecule has 0 aromatic rings. The first-order chi connectivity index (χ1) is 14.0. The van der Waals surface area contributed by atoms with Crippen LogP contribution in [0.1, 0.15) is 32.1 Å². The molecular weight excluding hydrogens is 436 g/mol. The fourth-order valence-corrected chi connectivity index (χ4v) is 1.92. The molecule has 0 heterocycles. The monoisotopic (exact) mass is 452 g/mol. The normalized spacial score (nSPS) is 14.3. The first-order valence-corrected chi connectivity index (χ1v) is 7.83. The zero-order valence-electron chi connectivity index (χ0n) is 15.3. The van der Waals surface area contributed by atoms with Gasteiger partial charge in [-0.2, -0.15) is 0 Å². The van der Waals surface area contributed by atoms with Crippen LogP contribution in [0, 0.1) is 0 Å². The van der Waals surface area contributed by atoms with Crippen LogP contribution in [0.25, 0.3) is 0 Å². The summed E-state index contributed by atoms with van der Waals surface area (Å²) in [4.78, 5) is 88.7. The second-order valence-corrected chi connectivity index (χ2v) is 6.04. The van der Waals surface area contributed by atoms with Gasteiger partial charge in [-0.1, -0.05) is 0 Å². The fraction of sp³-hybridized carbons (Fsp3) is 0.467. The minimum absolute atomic E-state index is 1.43. The quantitative estimate of drug-likeness (QED) is 0.126. The molecule has 172 valence electrons. The Morgan fingerprint density at radius 2 is 0.806 bits per heavy atom. The second-order valence-electron chi connectivity index (χ2n) is 6.04. The molecule has 0 amide bonds. The van der Waals surface area contributed by atoms with Gasteiger partial charge in [-0.3, -0.25) is 28.8 Å². The van der Waals surface area contributed by atoms with Crippen LogP contribution in [-0.4, -0.2) is 89.6 Å². The Morgan fingerprint density at radius 1 is 0.516 bits per heavy atom. The highest BCUT2D eigenvalue weighted by Crippen LogP contribution is 2.18. The highest BCUT2D eigenvalue weighted by Gasteiger charge is 2.43. The Hall–Kier alpha value is -3.92. The molecule has 0 saturated heterocycles. The maximum atomic E-state index is 11.5. The van der Waals surface area contributed by atoms with E-state index in [4.69, 9.17) is 20.4 Å². The average Bonchev–Trinajstić information content (AvgIpc) is 2.51. The number of aliphatic carboxylic acids is 4. The molecule has 0 aliphatic carbocycles. The molecule has 2 atom stereocenters. The predicted molar refractivity (Wildman–Crippen MR) is 85.7 cm³/mol. The van der Waals surface area contributed by atoms with E-state index in [0.717, 1.165) is 0 Å². The number of carboxylic acid groups (broad SMARTS) is 4. The predicted octanol–water partition coefficient (Wildman–Crippen LogP) is -3.12. The van der Waals surface area contributed by atoms with Gasteiger partial charge in [0.05, 0.1) is 25.7 Å². The average molecular weight is 452 g/mol. The largest absolute Gasteiger partial charge is 0.481 e. The van der Waals surface area contributed by atoms with E-state index in [-0.39, 0.29) is 0 Å². The number of carboxylic acids is 4. The van der Waals surface area contributed by atoms with Gasteiger partial charge in [0.2, 0.25) is 0 Å². The van der Waals surface area contributed by atoms with Gasteiger partial charge >= 0.3 is 47.8 Å². The minimum atomic E-state index is -3.12. The molecule has 16 heteroatoms. The van der Waals surface area contributed by atoms with Gasteiger partial charge in [-0.15, -0.1) is 0 Å². The molecule has 6 N–H and O–H groups in total. The van der Waals surface area contributed by atoms with Crippen LogP contribution >= 0.6 is 0 Å². The molecule has 0 rings (SSSR count). The highest BCUT2D eigenvalue weighted by atomic mass is 16.6. The number of carbonyl (C=O) groups excluding carboxylic acids is 4. The van der Waals surface area contributed by atoms with Crippen molar-refractivity contribution >= 4 is 47.8 Å². The molecule has 0 spiro atoms. The van der Waals surface area contributed by atoms with Gasteiger partial charge in [0, 0.05) is 0 Å². The SMILES string of the molecule is O=C(O)CC(O)(CC(=O)OC(=O)CC(=O)OC(=O)CC(O)(CC(=O)O)C(=O)O)C(=O)O. The van der Waals surface area contributed by atoms with Gasteiger partial charge in [-0.05, 0) is 0 Å². The van der Waals surface area contributed by atoms with Crippen LogP contribution in [0.5, 0.6) is 0 Å². The summed E-state index contributed by atoms with van der Waals surface area (Å²) in [5, 5.41) is 53.9. The zero-order chi connectivity index (χ0) is 24.6. The molecule has 0 saturated carbocycles. The van der Waals surface area contributed by atoms with Crippen molar-refractivity contribution in [3.63, 3.8) is 0 Å². The summed E-state index contributed by atoms with van der Waals surface area (Å²) in [5.74, 6) is -14.7. The Morgan fingerprint density at radius 3 is 1.03 bits per heavy atom. The standard InChI is InChI=1S/C15H16O16/c16-6(17)2-14(28,12(24)25)4-10(22)30-8(20)1-9(21)31-11(23)5-15(29,13(26)27)3-7(18)19/h28-29H,1-5H2,(H,16,17)(H,18,19)(H,24,25)(H,26,27). The van der Waals surface area contributed by atoms with Crippen LogP contribution in [0.3, 0.4) is 0 Å². The van der Waals surface area contributed by atoms with E-state index in [2.05, 4.69) is 9.47 Å². The van der Waals surface area contributed by atoms with E-state index < -0.39 is 91.1 Å². The Kier molecular flexibility index (Phi) is 9.38. The Balaban J connectivity index is 4.84. The van der Waals surface area contributed by atoms with Gasteiger partial charge in [0.1, 0.15) is 6.42 Å². The van der Waals surface area contributed by atoms with Crippen molar-refractivity contribution in [3.8, 4) is 0 Å². The third-order valence-electron chi connectivity index (χ3n) is 3.30. The molecule has 0 aliphatic rings. The van der Waals surface area contributed by atoms with E-state index in [1.54, 1.807) is 0 Å². The Labute approximate surface area is 170 Å². The number of hydrogen-bond acceptors (Lipinski definition) is 12. The van der Waals surface area contributed by atoms with Crippen molar-refractivity contribution in [2.75, 3.05) is 0 Å². The van der Waals surface area contributed by atoms with E-state index in [9.17, 15) is 48.6 Å². The lowest BCUT2D eigenvalue weighted by molar-refractivity contribution is -0.177. The zero-order valence-corrected chi connectivity index (χ0v) is 15.3. The Bertz CT molecular complexity index is 746. The lowest BCUT2D eigenvalue weighted by Crippen LogP contribution is -2.43. The summed E-state index contributed by atoms with van der Waals surface area (Å²) in [6, 6.07) is 0. The lowest BCUT2D eigenvalue weighted by atomic mass is 9.96. The summed E-state index contributed by atoms with van der Waals surface area (Å²) in [7, 11) is 0. The number of carbonyl (C=O) groups is 8. The van der Waals surface area contributed by atoms with E-state index in [1.165, 1.54) is 0 Å². The molecule has 0 bridgehead atoms. The van der Waals surface area contributed by atoms with Crippen molar-refractivity contribution < 1.29 is 78.5 Å². The van der Waals surface area contributed by atoms with Gasteiger partial charge < -0.3 is 40.1 Å². The van der Waals surface area contributed by atoms with Crippen LogP contribution in [-0.2, 0) is 47.8 Å². The molecule has 0 aromatic heterocycles. The van der Waals surface area contributed by atoms with Gasteiger partial charge in [-0.25, -0.2) is 9.59 Å². The maximum Gasteiger partial charge on any atom is 0.336 e. The van der Waals surface area contributed by atoms with Crippen molar-refractivity contribution in [2.24, 2.45) is 0 Å². The first-order valence-electron chi connectivity index (χ1n) is 7.83. The van der Waals surface area contributed by atoms with Crippen LogP contribution in [0.2, 0.25) is 0 Å². The summed E-state index contributed by atoms with van der Waals surface area (Å²) in [6.45, 7) is 0. The first kappa shape index (κ1) is 27.1. The molecule has 0 radical (unpaired) electrons. The van der Waals surface area contributed by atoms with E-state index in [0.29, 0.717) is 0 Å². The molecule has 31 heavy (non-hydrogen) atoms. The topological polar surface area (TPSA) is 276 Å². The van der Waals surface area contributed by atoms with E-state index in [1.807, 2.05) is 0 Å². The third-order valence-corrected chi connectivity index (χ3v) is 3.30. The van der Waals surface area contributed by atoms with Crippen LogP contribution in [0.15, 0.2) is 0 Å². The molecule has 0 fully saturated rings. The molecule has 2 unspecified atom stereocenters. The van der Waals surface area contributed by atoms with Crippen molar-refractivity contribution in [1.29, 1.82) is 0 Å². The molecule has 16 nitrogen and oxygen atoms in total. The number of esters is 4. The number of rotatable bonds is 12. The number of aliphatic hydroxyl groups is 2. The smallest absolute Gasteiger partial charge is 0.336 e. The summed E-state index contributed by atoms with van der Waals surface area (Å²) in [6.07, 6.45) is -7.29. The number of hydrogen-bond donors (Lipinski definition) is 6. The van der Waals surface area contributed by atoms with Gasteiger partial charge in [0.15, 0.2) is 11.2 Å². The molecule has 0 aliphatic heterocycles. The van der Waals surface area contributed by atoms with Crippen molar-refractivity contribution in [2.45, 2.75) is 43.3 Å². The van der Waals surface area contributed by atoms with Crippen LogP contribution in [0.4, 0.5) is 0 Å². The van der Waals surface area contributed by atoms with Crippen molar-refractivity contribution in [1.82, 2.24) is 0 Å². The highest BCUT2D eigenvalue weighted by molar-refractivity contribution is 6.01. The van der Waals surface area contributed by atoms with Gasteiger partial charge in [0.25, 0.3) is 0 Å². The molecule has 0 aromatic carbocycles. The van der Waals surface area contributed by atoms with Crippen molar-refractivity contribution in [3.05, 3.63) is 0 Å². The minimum Gasteiger partial charge on any atom is -0.481 e. The molecular formula is C15H16O16. The van der Waals surface area contributed by atoms with Crippen LogP contribution < -0.4 is 0 Å². The summed E-state index contributed by atoms with van der Waals surface area (Å²) >= 11 is 0. The summed E-state index contributed by atoms with van der Waals surface area (Å²) in [5.41, 5.74) is -6.24. The van der Waals surface area contributed by atoms with E-state index >= 15 is 0 Å². The summed E-state index contributed by atoms with van der Waals surface area (Å²) < 4.78 is 7.99. The maximum absolute atomic E-state index is 11.5. The second kappa shape index (κ2) is 10.7.